The zero-order valence-corrected chi connectivity index (χ0v) is 21.2. The van der Waals surface area contributed by atoms with Crippen molar-refractivity contribution in [3.05, 3.63) is 18.2 Å². The van der Waals surface area contributed by atoms with Crippen LogP contribution in [0, 0.1) is 5.92 Å². The Morgan fingerprint density at radius 3 is 2.74 bits per heavy atom. The summed E-state index contributed by atoms with van der Waals surface area (Å²) in [5, 5.41) is 6.36. The van der Waals surface area contributed by atoms with E-state index in [0.29, 0.717) is 44.6 Å². The number of halogens is 1. The molecule has 176 valence electrons. The smallest absolute Gasteiger partial charge is 0.195 e. The van der Waals surface area contributed by atoms with E-state index in [0.717, 1.165) is 36.8 Å². The maximum atomic E-state index is 11.8. The van der Waals surface area contributed by atoms with E-state index in [2.05, 4.69) is 15.6 Å². The molecular weight excluding hydrogens is 533 g/mol. The summed E-state index contributed by atoms with van der Waals surface area (Å²) in [6, 6.07) is 5.64. The fraction of sp³-hybridized carbons (Fsp3) is 0.667. The lowest BCUT2D eigenvalue weighted by molar-refractivity contribution is 0.123. The Bertz CT molecular complexity index is 815. The molecule has 0 saturated heterocycles. The van der Waals surface area contributed by atoms with Crippen molar-refractivity contribution in [1.82, 2.24) is 5.32 Å². The van der Waals surface area contributed by atoms with Gasteiger partial charge in [-0.05, 0) is 37.3 Å². The van der Waals surface area contributed by atoms with E-state index in [9.17, 15) is 8.42 Å². The monoisotopic (exact) mass is 567 g/mol. The van der Waals surface area contributed by atoms with Crippen LogP contribution in [0.1, 0.15) is 32.6 Å². The maximum absolute atomic E-state index is 11.8. The average molecular weight is 567 g/mol. The molecule has 2 aliphatic rings. The van der Waals surface area contributed by atoms with Gasteiger partial charge in [0.15, 0.2) is 27.3 Å². The van der Waals surface area contributed by atoms with Gasteiger partial charge in [-0.1, -0.05) is 6.92 Å². The van der Waals surface area contributed by atoms with Crippen LogP contribution in [0.15, 0.2) is 23.2 Å². The molecule has 0 unspecified atom stereocenters. The second kappa shape index (κ2) is 13.3. The van der Waals surface area contributed by atoms with Gasteiger partial charge in [0.1, 0.15) is 0 Å². The number of benzene rings is 1. The fourth-order valence-electron chi connectivity index (χ4n) is 2.88. The molecule has 1 aliphatic carbocycles. The third kappa shape index (κ3) is 9.82. The molecule has 31 heavy (non-hydrogen) atoms. The second-order valence-electron chi connectivity index (χ2n) is 7.60. The first-order chi connectivity index (χ1) is 14.6. The molecule has 0 atom stereocenters. The van der Waals surface area contributed by atoms with Gasteiger partial charge in [0, 0.05) is 50.2 Å². The summed E-state index contributed by atoms with van der Waals surface area (Å²) in [4.78, 5) is 4.57. The molecule has 0 spiro atoms. The largest absolute Gasteiger partial charge is 0.490 e. The molecule has 0 radical (unpaired) electrons. The number of aliphatic imine (C=N–C) groups is 1. The Labute approximate surface area is 202 Å². The van der Waals surface area contributed by atoms with Crippen molar-refractivity contribution in [2.24, 2.45) is 10.9 Å². The number of fused-ring (bicyclic) bond motifs is 1. The van der Waals surface area contributed by atoms with E-state index < -0.39 is 9.84 Å². The van der Waals surface area contributed by atoms with Crippen LogP contribution in [0.2, 0.25) is 0 Å². The third-order valence-electron chi connectivity index (χ3n) is 4.92. The summed E-state index contributed by atoms with van der Waals surface area (Å²) < 4.78 is 40.6. The van der Waals surface area contributed by atoms with Gasteiger partial charge in [-0.15, -0.1) is 24.0 Å². The van der Waals surface area contributed by atoms with Crippen molar-refractivity contribution in [2.45, 2.75) is 32.6 Å². The molecule has 3 rings (SSSR count). The normalized spacial score (nSPS) is 16.2. The predicted molar refractivity (Wildman–Crippen MR) is 134 cm³/mol. The molecular formula is C21H34IN3O5S. The van der Waals surface area contributed by atoms with Crippen LogP contribution in [0.3, 0.4) is 0 Å². The van der Waals surface area contributed by atoms with E-state index >= 15 is 0 Å². The lowest BCUT2D eigenvalue weighted by Crippen LogP contribution is -2.35. The Morgan fingerprint density at radius 2 is 2.00 bits per heavy atom. The first-order valence-electron chi connectivity index (χ1n) is 10.8. The third-order valence-corrected chi connectivity index (χ3v) is 6.63. The molecule has 1 aromatic rings. The van der Waals surface area contributed by atoms with Crippen molar-refractivity contribution >= 4 is 45.5 Å². The van der Waals surface area contributed by atoms with Crippen LogP contribution in [0.5, 0.6) is 11.5 Å². The van der Waals surface area contributed by atoms with Crippen molar-refractivity contribution in [3.63, 3.8) is 0 Å². The van der Waals surface area contributed by atoms with Crippen LogP contribution in [-0.4, -0.2) is 65.4 Å². The highest BCUT2D eigenvalue weighted by molar-refractivity contribution is 14.0. The van der Waals surface area contributed by atoms with E-state index in [4.69, 9.17) is 14.2 Å². The highest BCUT2D eigenvalue weighted by Gasteiger charge is 2.20. The SMILES string of the molecule is CCS(=O)(=O)CCNC(=NCCCOCC1CC1)Nc1ccc2c(c1)OCCCO2.I. The lowest BCUT2D eigenvalue weighted by atomic mass is 10.3. The summed E-state index contributed by atoms with van der Waals surface area (Å²) in [5.41, 5.74) is 0.800. The molecule has 0 amide bonds. The Balaban J connectivity index is 0.00000341. The first-order valence-corrected chi connectivity index (χ1v) is 12.6. The Morgan fingerprint density at radius 1 is 1.23 bits per heavy atom. The summed E-state index contributed by atoms with van der Waals surface area (Å²) in [7, 11) is -3.04. The molecule has 8 nitrogen and oxygen atoms in total. The zero-order valence-electron chi connectivity index (χ0n) is 18.1. The lowest BCUT2D eigenvalue weighted by Gasteiger charge is -2.14. The number of hydrogen-bond donors (Lipinski definition) is 2. The molecule has 1 saturated carbocycles. The molecule has 10 heteroatoms. The number of nitrogens with one attached hydrogen (secondary N) is 2. The van der Waals surface area contributed by atoms with Gasteiger partial charge in [0.2, 0.25) is 0 Å². The molecule has 1 heterocycles. The van der Waals surface area contributed by atoms with Crippen LogP contribution in [0.4, 0.5) is 5.69 Å². The topological polar surface area (TPSA) is 98.3 Å². The van der Waals surface area contributed by atoms with E-state index in [1.807, 2.05) is 18.2 Å². The van der Waals surface area contributed by atoms with Crippen molar-refractivity contribution in [1.29, 1.82) is 0 Å². The van der Waals surface area contributed by atoms with Gasteiger partial charge in [0.05, 0.1) is 19.0 Å². The Kier molecular flexibility index (Phi) is 11.2. The fourth-order valence-corrected chi connectivity index (χ4v) is 3.58. The van der Waals surface area contributed by atoms with E-state index in [-0.39, 0.29) is 35.5 Å². The van der Waals surface area contributed by atoms with Crippen molar-refractivity contribution < 1.29 is 22.6 Å². The average Bonchev–Trinajstić information content (AvgIpc) is 3.57. The number of nitrogens with zero attached hydrogens (tertiary/aromatic N) is 1. The van der Waals surface area contributed by atoms with Gasteiger partial charge in [-0.3, -0.25) is 4.99 Å². The standard InChI is InChI=1S/C21H33N3O5S.HI/c1-2-30(25,26)14-10-23-21(22-9-3-11-27-16-17-5-6-17)24-18-7-8-19-20(15-18)29-13-4-12-28-19;/h7-8,15,17H,2-6,9-14,16H2,1H3,(H2,22,23,24);1H. The van der Waals surface area contributed by atoms with Gasteiger partial charge >= 0.3 is 0 Å². The quantitative estimate of drug-likeness (QED) is 0.184. The molecule has 2 N–H and O–H groups in total. The summed E-state index contributed by atoms with van der Waals surface area (Å²) in [5.74, 6) is 2.92. The number of ether oxygens (including phenoxy) is 3. The molecule has 1 aliphatic heterocycles. The summed E-state index contributed by atoms with van der Waals surface area (Å²) in [6.07, 6.45) is 4.23. The first kappa shape index (κ1) is 26.0. The van der Waals surface area contributed by atoms with Gasteiger partial charge in [0.25, 0.3) is 0 Å². The molecule has 1 aromatic carbocycles. The molecule has 0 aromatic heterocycles. The van der Waals surface area contributed by atoms with Gasteiger partial charge in [-0.25, -0.2) is 8.42 Å². The van der Waals surface area contributed by atoms with E-state index in [1.54, 1.807) is 6.92 Å². The van der Waals surface area contributed by atoms with Gasteiger partial charge < -0.3 is 24.8 Å². The predicted octanol–water partition coefficient (Wildman–Crippen LogP) is 3.07. The van der Waals surface area contributed by atoms with Crippen LogP contribution in [-0.2, 0) is 14.6 Å². The van der Waals surface area contributed by atoms with Crippen molar-refractivity contribution in [2.75, 3.05) is 56.3 Å². The number of hydrogen-bond acceptors (Lipinski definition) is 6. The Hall–Kier alpha value is -1.27. The van der Waals surface area contributed by atoms with Crippen LogP contribution < -0.4 is 20.1 Å². The molecule has 0 bridgehead atoms. The minimum atomic E-state index is -3.04. The highest BCUT2D eigenvalue weighted by atomic mass is 127. The number of sulfone groups is 1. The maximum Gasteiger partial charge on any atom is 0.195 e. The number of rotatable bonds is 11. The minimum Gasteiger partial charge on any atom is -0.490 e. The van der Waals surface area contributed by atoms with Crippen LogP contribution >= 0.6 is 24.0 Å². The zero-order chi connectivity index (χ0) is 21.2. The second-order valence-corrected chi connectivity index (χ2v) is 10.1. The number of guanidine groups is 1. The summed E-state index contributed by atoms with van der Waals surface area (Å²) in [6.45, 7) is 5.33. The molecule has 1 fully saturated rings. The summed E-state index contributed by atoms with van der Waals surface area (Å²) >= 11 is 0. The van der Waals surface area contributed by atoms with Crippen LogP contribution in [0.25, 0.3) is 0 Å². The minimum absolute atomic E-state index is 0. The highest BCUT2D eigenvalue weighted by Crippen LogP contribution is 2.32. The number of anilines is 1. The van der Waals surface area contributed by atoms with Crippen molar-refractivity contribution in [3.8, 4) is 11.5 Å². The van der Waals surface area contributed by atoms with E-state index in [1.165, 1.54) is 12.8 Å². The van der Waals surface area contributed by atoms with Gasteiger partial charge in [-0.2, -0.15) is 0 Å².